The van der Waals surface area contributed by atoms with Crippen LogP contribution in [0.15, 0.2) is 18.7 Å². The van der Waals surface area contributed by atoms with Crippen LogP contribution in [0.3, 0.4) is 0 Å². The summed E-state index contributed by atoms with van der Waals surface area (Å²) in [7, 11) is 0. The Labute approximate surface area is 112 Å². The van der Waals surface area contributed by atoms with Crippen molar-refractivity contribution in [1.82, 2.24) is 15.3 Å². The fraction of sp³-hybridized carbons (Fsp3) is 0.462. The second kappa shape index (κ2) is 6.29. The largest absolute Gasteiger partial charge is 0.378 e. The van der Waals surface area contributed by atoms with E-state index in [1.54, 1.807) is 12.1 Å². The maximum atomic E-state index is 11.9. The van der Waals surface area contributed by atoms with Crippen LogP contribution in [0.1, 0.15) is 16.2 Å². The minimum Gasteiger partial charge on any atom is -0.378 e. The van der Waals surface area contributed by atoms with E-state index in [4.69, 9.17) is 4.74 Å². The summed E-state index contributed by atoms with van der Waals surface area (Å²) in [5.41, 5.74) is 1.16. The van der Waals surface area contributed by atoms with Crippen LogP contribution < -0.4 is 10.2 Å². The summed E-state index contributed by atoms with van der Waals surface area (Å²) in [5.74, 6) is 0.381. The molecule has 0 radical (unpaired) electrons. The quantitative estimate of drug-likeness (QED) is 0.802. The molecule has 2 rings (SSSR count). The van der Waals surface area contributed by atoms with Gasteiger partial charge in [0.2, 0.25) is 5.95 Å². The first kappa shape index (κ1) is 13.5. The molecular formula is C13H18N4O2. The summed E-state index contributed by atoms with van der Waals surface area (Å²) in [6, 6.07) is 1.68. The zero-order valence-electron chi connectivity index (χ0n) is 11.1. The number of aromatic nitrogens is 2. The molecule has 1 N–H and O–H groups in total. The van der Waals surface area contributed by atoms with E-state index in [1.807, 2.05) is 11.8 Å². The van der Waals surface area contributed by atoms with E-state index in [2.05, 4.69) is 21.9 Å². The van der Waals surface area contributed by atoms with Gasteiger partial charge in [0.1, 0.15) is 5.69 Å². The first-order chi connectivity index (χ1) is 9.20. The smallest absolute Gasteiger partial charge is 0.270 e. The Morgan fingerprint density at radius 3 is 2.95 bits per heavy atom. The predicted octanol–water partition coefficient (Wildman–Crippen LogP) is 0.537. The van der Waals surface area contributed by atoms with E-state index < -0.39 is 0 Å². The highest BCUT2D eigenvalue weighted by atomic mass is 16.5. The molecule has 0 bridgehead atoms. The Kier molecular flexibility index (Phi) is 4.46. The van der Waals surface area contributed by atoms with Crippen LogP contribution in [-0.2, 0) is 4.74 Å². The molecule has 19 heavy (non-hydrogen) atoms. The fourth-order valence-electron chi connectivity index (χ4n) is 1.83. The minimum absolute atomic E-state index is 0.208. The van der Waals surface area contributed by atoms with Crippen molar-refractivity contribution in [2.24, 2.45) is 0 Å². The van der Waals surface area contributed by atoms with Gasteiger partial charge in [0, 0.05) is 25.3 Å². The van der Waals surface area contributed by atoms with Crippen molar-refractivity contribution in [3.8, 4) is 0 Å². The maximum absolute atomic E-state index is 11.9. The summed E-state index contributed by atoms with van der Waals surface area (Å²) in [5, 5.41) is 2.72. The molecule has 6 heteroatoms. The average Bonchev–Trinajstić information content (AvgIpc) is 2.45. The number of hydrogen-bond acceptors (Lipinski definition) is 5. The number of anilines is 1. The zero-order chi connectivity index (χ0) is 13.7. The van der Waals surface area contributed by atoms with Crippen LogP contribution in [-0.4, -0.2) is 48.7 Å². The van der Waals surface area contributed by atoms with E-state index in [0.717, 1.165) is 18.8 Å². The highest BCUT2D eigenvalue weighted by Gasteiger charge is 2.16. The molecule has 2 heterocycles. The van der Waals surface area contributed by atoms with Gasteiger partial charge in [-0.1, -0.05) is 6.08 Å². The van der Waals surface area contributed by atoms with Crippen LogP contribution in [0.4, 0.5) is 5.95 Å². The number of amides is 1. The molecule has 6 nitrogen and oxygen atoms in total. The lowest BCUT2D eigenvalue weighted by Crippen LogP contribution is -2.38. The highest BCUT2D eigenvalue weighted by molar-refractivity contribution is 5.92. The van der Waals surface area contributed by atoms with Gasteiger partial charge in [-0.25, -0.2) is 9.97 Å². The van der Waals surface area contributed by atoms with Crippen LogP contribution in [0.2, 0.25) is 0 Å². The third kappa shape index (κ3) is 3.51. The molecule has 1 aliphatic heterocycles. The number of nitrogens with one attached hydrogen (secondary N) is 1. The van der Waals surface area contributed by atoms with Gasteiger partial charge < -0.3 is 15.0 Å². The van der Waals surface area contributed by atoms with Crippen molar-refractivity contribution in [3.05, 3.63) is 30.1 Å². The average molecular weight is 262 g/mol. The molecule has 0 atom stereocenters. The van der Waals surface area contributed by atoms with Gasteiger partial charge in [-0.2, -0.15) is 0 Å². The first-order valence-corrected chi connectivity index (χ1v) is 6.28. The zero-order valence-corrected chi connectivity index (χ0v) is 11.1. The van der Waals surface area contributed by atoms with Gasteiger partial charge >= 0.3 is 0 Å². The minimum atomic E-state index is -0.208. The number of carbonyl (C=O) groups is 1. The fourth-order valence-corrected chi connectivity index (χ4v) is 1.83. The number of carbonyl (C=O) groups excluding carboxylic acids is 1. The number of hydrogen-bond donors (Lipinski definition) is 1. The van der Waals surface area contributed by atoms with Crippen molar-refractivity contribution in [2.45, 2.75) is 6.92 Å². The molecule has 1 aromatic rings. The van der Waals surface area contributed by atoms with E-state index in [1.165, 1.54) is 0 Å². The summed E-state index contributed by atoms with van der Waals surface area (Å²) in [4.78, 5) is 22.6. The molecule has 102 valence electrons. The Hall–Kier alpha value is -1.95. The molecule has 0 spiro atoms. The van der Waals surface area contributed by atoms with Crippen molar-refractivity contribution < 1.29 is 9.53 Å². The van der Waals surface area contributed by atoms with E-state index in [-0.39, 0.29) is 5.91 Å². The SMILES string of the molecule is C=CCNC(=O)c1cc(C)nc(N2CCOCC2)n1. The van der Waals surface area contributed by atoms with Gasteiger partial charge in [0.15, 0.2) is 0 Å². The number of rotatable bonds is 4. The third-order valence-electron chi connectivity index (χ3n) is 2.78. The van der Waals surface area contributed by atoms with Crippen molar-refractivity contribution in [3.63, 3.8) is 0 Å². The predicted molar refractivity (Wildman–Crippen MR) is 72.3 cm³/mol. The molecule has 1 amide bonds. The van der Waals surface area contributed by atoms with E-state index in [0.29, 0.717) is 31.4 Å². The Morgan fingerprint density at radius 2 is 2.26 bits per heavy atom. The van der Waals surface area contributed by atoms with Crippen molar-refractivity contribution in [2.75, 3.05) is 37.7 Å². The normalized spacial score (nSPS) is 15.1. The van der Waals surface area contributed by atoms with Gasteiger partial charge in [0.05, 0.1) is 13.2 Å². The van der Waals surface area contributed by atoms with E-state index in [9.17, 15) is 4.79 Å². The standard InChI is InChI=1S/C13H18N4O2/c1-3-4-14-12(18)11-9-10(2)15-13(16-11)17-5-7-19-8-6-17/h3,9H,1,4-8H2,2H3,(H,14,18). The number of nitrogens with zero attached hydrogens (tertiary/aromatic N) is 3. The monoisotopic (exact) mass is 262 g/mol. The van der Waals surface area contributed by atoms with E-state index >= 15 is 0 Å². The summed E-state index contributed by atoms with van der Waals surface area (Å²) in [6.45, 7) is 8.67. The molecule has 0 unspecified atom stereocenters. The molecule has 1 aliphatic rings. The molecule has 0 aromatic carbocycles. The van der Waals surface area contributed by atoms with Gasteiger partial charge in [-0.3, -0.25) is 4.79 Å². The lowest BCUT2D eigenvalue weighted by molar-refractivity contribution is 0.0952. The van der Waals surface area contributed by atoms with Crippen LogP contribution >= 0.6 is 0 Å². The second-order valence-corrected chi connectivity index (χ2v) is 4.29. The summed E-state index contributed by atoms with van der Waals surface area (Å²) < 4.78 is 5.29. The lowest BCUT2D eigenvalue weighted by atomic mass is 10.3. The van der Waals surface area contributed by atoms with Gasteiger partial charge in [-0.05, 0) is 13.0 Å². The Bertz CT molecular complexity index is 470. The Morgan fingerprint density at radius 1 is 1.53 bits per heavy atom. The molecule has 1 saturated heterocycles. The Balaban J connectivity index is 2.18. The first-order valence-electron chi connectivity index (χ1n) is 6.28. The maximum Gasteiger partial charge on any atom is 0.270 e. The summed E-state index contributed by atoms with van der Waals surface area (Å²) >= 11 is 0. The van der Waals surface area contributed by atoms with Crippen LogP contribution in [0.5, 0.6) is 0 Å². The topological polar surface area (TPSA) is 67.4 Å². The molecule has 0 aliphatic carbocycles. The van der Waals surface area contributed by atoms with Crippen LogP contribution in [0, 0.1) is 6.92 Å². The highest BCUT2D eigenvalue weighted by Crippen LogP contribution is 2.12. The lowest BCUT2D eigenvalue weighted by Gasteiger charge is -2.27. The van der Waals surface area contributed by atoms with Gasteiger partial charge in [0.25, 0.3) is 5.91 Å². The van der Waals surface area contributed by atoms with Crippen molar-refractivity contribution in [1.29, 1.82) is 0 Å². The second-order valence-electron chi connectivity index (χ2n) is 4.29. The number of morpholine rings is 1. The summed E-state index contributed by atoms with van der Waals surface area (Å²) in [6.07, 6.45) is 1.63. The number of ether oxygens (including phenoxy) is 1. The molecule has 1 aromatic heterocycles. The molecule has 0 saturated carbocycles. The number of aryl methyl sites for hydroxylation is 1. The molecular weight excluding hydrogens is 244 g/mol. The van der Waals surface area contributed by atoms with Gasteiger partial charge in [-0.15, -0.1) is 6.58 Å². The van der Waals surface area contributed by atoms with Crippen molar-refractivity contribution >= 4 is 11.9 Å². The third-order valence-corrected chi connectivity index (χ3v) is 2.78. The van der Waals surface area contributed by atoms with Crippen LogP contribution in [0.25, 0.3) is 0 Å². The molecule has 1 fully saturated rings.